The SMILES string of the molecule is CC(C)NCCn1nnnc1SCc1cc(F)ccc1F. The topological polar surface area (TPSA) is 55.6 Å². The first-order chi connectivity index (χ1) is 10.1. The second-order valence-corrected chi connectivity index (χ2v) is 5.76. The maximum atomic E-state index is 13.5. The Hall–Kier alpha value is -1.54. The van der Waals surface area contributed by atoms with E-state index in [9.17, 15) is 8.78 Å². The summed E-state index contributed by atoms with van der Waals surface area (Å²) in [5, 5.41) is 15.3. The average molecular weight is 313 g/mol. The summed E-state index contributed by atoms with van der Waals surface area (Å²) in [6.45, 7) is 5.48. The van der Waals surface area contributed by atoms with Crippen molar-refractivity contribution in [1.82, 2.24) is 25.5 Å². The Labute approximate surface area is 126 Å². The van der Waals surface area contributed by atoms with E-state index in [1.165, 1.54) is 17.8 Å². The minimum absolute atomic E-state index is 0.279. The molecule has 0 radical (unpaired) electrons. The Bertz CT molecular complexity index is 588. The Morgan fingerprint density at radius 1 is 1.33 bits per heavy atom. The predicted molar refractivity (Wildman–Crippen MR) is 76.9 cm³/mol. The molecule has 0 fully saturated rings. The minimum atomic E-state index is -0.451. The molecule has 1 aromatic heterocycles. The fourth-order valence-electron chi connectivity index (χ4n) is 1.70. The van der Waals surface area contributed by atoms with Crippen LogP contribution in [0.25, 0.3) is 0 Å². The molecule has 1 N–H and O–H groups in total. The number of rotatable bonds is 7. The summed E-state index contributed by atoms with van der Waals surface area (Å²) in [7, 11) is 0. The van der Waals surface area contributed by atoms with Crippen LogP contribution in [-0.2, 0) is 12.3 Å². The van der Waals surface area contributed by atoms with Gasteiger partial charge in [0.1, 0.15) is 11.6 Å². The van der Waals surface area contributed by atoms with Crippen molar-refractivity contribution in [3.63, 3.8) is 0 Å². The maximum Gasteiger partial charge on any atom is 0.209 e. The van der Waals surface area contributed by atoms with Gasteiger partial charge in [-0.1, -0.05) is 25.6 Å². The van der Waals surface area contributed by atoms with Crippen LogP contribution in [0.15, 0.2) is 23.4 Å². The van der Waals surface area contributed by atoms with Crippen molar-refractivity contribution in [2.24, 2.45) is 0 Å². The zero-order chi connectivity index (χ0) is 15.2. The molecule has 2 rings (SSSR count). The molecule has 0 atom stereocenters. The van der Waals surface area contributed by atoms with Crippen LogP contribution in [0.4, 0.5) is 8.78 Å². The number of thioether (sulfide) groups is 1. The third-order valence-electron chi connectivity index (χ3n) is 2.74. The van der Waals surface area contributed by atoms with E-state index in [4.69, 9.17) is 0 Å². The van der Waals surface area contributed by atoms with Crippen molar-refractivity contribution in [3.05, 3.63) is 35.4 Å². The van der Waals surface area contributed by atoms with Crippen LogP contribution in [0.5, 0.6) is 0 Å². The number of aromatic nitrogens is 4. The number of halogens is 2. The lowest BCUT2D eigenvalue weighted by Gasteiger charge is -2.08. The Kier molecular flexibility index (Phi) is 5.63. The molecule has 0 bridgehead atoms. The Balaban J connectivity index is 1.94. The first kappa shape index (κ1) is 15.8. The zero-order valence-electron chi connectivity index (χ0n) is 11.9. The molecule has 0 aliphatic rings. The number of nitrogens with one attached hydrogen (secondary N) is 1. The van der Waals surface area contributed by atoms with E-state index in [1.807, 2.05) is 0 Å². The molecule has 1 heterocycles. The van der Waals surface area contributed by atoms with Crippen LogP contribution < -0.4 is 5.32 Å². The number of nitrogens with zero attached hydrogens (tertiary/aromatic N) is 4. The highest BCUT2D eigenvalue weighted by Gasteiger charge is 2.10. The summed E-state index contributed by atoms with van der Waals surface area (Å²) in [4.78, 5) is 0. The molecule has 0 aliphatic heterocycles. The van der Waals surface area contributed by atoms with Gasteiger partial charge >= 0.3 is 0 Å². The summed E-state index contributed by atoms with van der Waals surface area (Å²) in [5.41, 5.74) is 0.301. The third-order valence-corrected chi connectivity index (χ3v) is 3.75. The van der Waals surface area contributed by atoms with Crippen LogP contribution >= 0.6 is 11.8 Å². The monoisotopic (exact) mass is 313 g/mol. The van der Waals surface area contributed by atoms with Gasteiger partial charge in [0.05, 0.1) is 6.54 Å². The van der Waals surface area contributed by atoms with E-state index >= 15 is 0 Å². The van der Waals surface area contributed by atoms with Gasteiger partial charge < -0.3 is 5.32 Å². The molecule has 0 spiro atoms. The fraction of sp³-hybridized carbons (Fsp3) is 0.462. The van der Waals surface area contributed by atoms with Gasteiger partial charge in [0.25, 0.3) is 0 Å². The van der Waals surface area contributed by atoms with Gasteiger partial charge in [0, 0.05) is 23.9 Å². The molecule has 5 nitrogen and oxygen atoms in total. The lowest BCUT2D eigenvalue weighted by atomic mass is 10.2. The highest BCUT2D eigenvalue weighted by Crippen LogP contribution is 2.22. The highest BCUT2D eigenvalue weighted by molar-refractivity contribution is 7.98. The molecule has 0 unspecified atom stereocenters. The van der Waals surface area contributed by atoms with Crippen LogP contribution in [0.1, 0.15) is 19.4 Å². The number of hydrogen-bond donors (Lipinski definition) is 1. The van der Waals surface area contributed by atoms with E-state index in [1.54, 1.807) is 4.68 Å². The number of tetrazole rings is 1. The quantitative estimate of drug-likeness (QED) is 0.795. The number of hydrogen-bond acceptors (Lipinski definition) is 5. The van der Waals surface area contributed by atoms with Crippen molar-refractivity contribution >= 4 is 11.8 Å². The van der Waals surface area contributed by atoms with Gasteiger partial charge in [-0.25, -0.2) is 13.5 Å². The molecular formula is C13H17F2N5S. The van der Waals surface area contributed by atoms with Crippen molar-refractivity contribution in [3.8, 4) is 0 Å². The smallest absolute Gasteiger partial charge is 0.209 e. The van der Waals surface area contributed by atoms with Crippen molar-refractivity contribution in [1.29, 1.82) is 0 Å². The van der Waals surface area contributed by atoms with Crippen LogP contribution in [0, 0.1) is 11.6 Å². The van der Waals surface area contributed by atoms with E-state index in [-0.39, 0.29) is 5.75 Å². The van der Waals surface area contributed by atoms with E-state index in [0.717, 1.165) is 18.7 Å². The zero-order valence-corrected chi connectivity index (χ0v) is 12.7. The first-order valence-corrected chi connectivity index (χ1v) is 7.61. The van der Waals surface area contributed by atoms with Gasteiger partial charge in [-0.2, -0.15) is 0 Å². The molecule has 1 aromatic carbocycles. The van der Waals surface area contributed by atoms with Crippen LogP contribution in [0.2, 0.25) is 0 Å². The second kappa shape index (κ2) is 7.46. The Morgan fingerprint density at radius 2 is 2.14 bits per heavy atom. The molecule has 0 saturated heterocycles. The molecular weight excluding hydrogens is 296 g/mol. The number of benzene rings is 1. The van der Waals surface area contributed by atoms with Gasteiger partial charge in [0.2, 0.25) is 5.16 Å². The molecule has 0 aliphatic carbocycles. The fourth-order valence-corrected chi connectivity index (χ4v) is 2.57. The molecule has 0 saturated carbocycles. The van der Waals surface area contributed by atoms with Crippen LogP contribution in [0.3, 0.4) is 0 Å². The second-order valence-electron chi connectivity index (χ2n) is 4.82. The average Bonchev–Trinajstić information content (AvgIpc) is 2.87. The van der Waals surface area contributed by atoms with Gasteiger partial charge in [-0.3, -0.25) is 0 Å². The normalized spacial score (nSPS) is 11.3. The van der Waals surface area contributed by atoms with Gasteiger partial charge in [-0.15, -0.1) is 5.10 Å². The molecule has 0 amide bonds. The van der Waals surface area contributed by atoms with E-state index < -0.39 is 11.6 Å². The van der Waals surface area contributed by atoms with Crippen LogP contribution in [-0.4, -0.2) is 32.8 Å². The Morgan fingerprint density at radius 3 is 2.90 bits per heavy atom. The molecule has 8 heteroatoms. The largest absolute Gasteiger partial charge is 0.313 e. The summed E-state index contributed by atoms with van der Waals surface area (Å²) < 4.78 is 28.3. The lowest BCUT2D eigenvalue weighted by Crippen LogP contribution is -2.27. The van der Waals surface area contributed by atoms with E-state index in [2.05, 4.69) is 34.7 Å². The highest BCUT2D eigenvalue weighted by atomic mass is 32.2. The minimum Gasteiger partial charge on any atom is -0.313 e. The molecule has 114 valence electrons. The van der Waals surface area contributed by atoms with Crippen molar-refractivity contribution in [2.45, 2.75) is 37.3 Å². The van der Waals surface area contributed by atoms with E-state index in [0.29, 0.717) is 23.3 Å². The molecule has 21 heavy (non-hydrogen) atoms. The summed E-state index contributed by atoms with van der Waals surface area (Å²) >= 11 is 1.28. The van der Waals surface area contributed by atoms with Crippen molar-refractivity contribution in [2.75, 3.05) is 6.54 Å². The standard InChI is InChI=1S/C13H17F2N5S/c1-9(2)16-5-6-20-13(17-18-19-20)21-8-10-7-11(14)3-4-12(10)15/h3-4,7,9,16H,5-6,8H2,1-2H3. The first-order valence-electron chi connectivity index (χ1n) is 6.62. The predicted octanol–water partition coefficient (Wildman–Crippen LogP) is 2.24. The van der Waals surface area contributed by atoms with Crippen molar-refractivity contribution < 1.29 is 8.78 Å². The third kappa shape index (κ3) is 4.75. The van der Waals surface area contributed by atoms with Gasteiger partial charge in [-0.05, 0) is 28.6 Å². The summed E-state index contributed by atoms with van der Waals surface area (Å²) in [6.07, 6.45) is 0. The molecule has 2 aromatic rings. The van der Waals surface area contributed by atoms with Gasteiger partial charge in [0.15, 0.2) is 0 Å². The summed E-state index contributed by atoms with van der Waals surface area (Å²) in [6, 6.07) is 3.81. The summed E-state index contributed by atoms with van der Waals surface area (Å²) in [5.74, 6) is -0.598. The lowest BCUT2D eigenvalue weighted by molar-refractivity contribution is 0.485. The maximum absolute atomic E-state index is 13.5.